The van der Waals surface area contributed by atoms with Crippen LogP contribution in [0.15, 0.2) is 79.3 Å². The van der Waals surface area contributed by atoms with E-state index in [-0.39, 0.29) is 6.10 Å². The molecule has 0 unspecified atom stereocenters. The third-order valence-corrected chi connectivity index (χ3v) is 5.49. The van der Waals surface area contributed by atoms with E-state index in [9.17, 15) is 5.26 Å². The van der Waals surface area contributed by atoms with Crippen molar-refractivity contribution in [3.8, 4) is 29.0 Å². The Morgan fingerprint density at radius 2 is 1.73 bits per heavy atom. The predicted octanol–water partition coefficient (Wildman–Crippen LogP) is 5.15. The van der Waals surface area contributed by atoms with E-state index in [2.05, 4.69) is 17.1 Å². The van der Waals surface area contributed by atoms with Crippen LogP contribution >= 0.6 is 0 Å². The molecule has 1 heterocycles. The van der Waals surface area contributed by atoms with E-state index in [0.29, 0.717) is 17.7 Å². The van der Waals surface area contributed by atoms with Crippen molar-refractivity contribution in [2.75, 3.05) is 7.11 Å². The molecule has 0 fully saturated rings. The average molecular weight is 434 g/mol. The number of nitrogens with zero attached hydrogens (tertiary/aromatic N) is 4. The van der Waals surface area contributed by atoms with Crippen molar-refractivity contribution in [3.05, 3.63) is 107 Å². The first kappa shape index (κ1) is 21.8. The van der Waals surface area contributed by atoms with Crippen molar-refractivity contribution < 1.29 is 9.47 Å². The van der Waals surface area contributed by atoms with Crippen LogP contribution < -0.4 is 4.74 Å². The van der Waals surface area contributed by atoms with Gasteiger partial charge in [-0.1, -0.05) is 30.3 Å². The minimum Gasteiger partial charge on any atom is -0.497 e. The highest BCUT2D eigenvalue weighted by molar-refractivity contribution is 5.70. The number of hydrogen-bond donors (Lipinski definition) is 0. The number of methoxy groups -OCH3 is 1. The van der Waals surface area contributed by atoms with Crippen molar-refractivity contribution in [2.45, 2.75) is 12.7 Å². The largest absolute Gasteiger partial charge is 0.497 e. The second-order valence-corrected chi connectivity index (χ2v) is 7.57. The van der Waals surface area contributed by atoms with Gasteiger partial charge >= 0.3 is 0 Å². The molecule has 0 radical (unpaired) electrons. The first-order chi connectivity index (χ1) is 16.1. The normalized spacial score (nSPS) is 11.4. The fraction of sp³-hybridized carbons (Fsp3) is 0.148. The third kappa shape index (κ3) is 4.77. The van der Waals surface area contributed by atoms with E-state index < -0.39 is 0 Å². The summed E-state index contributed by atoms with van der Waals surface area (Å²) in [7, 11) is 3.55. The summed E-state index contributed by atoms with van der Waals surface area (Å²) >= 11 is 0. The standard InChI is InChI=1S/C27H22N4O2/c1-31-18-30-16-26(31)27(21-9-6-19(14-28)7-10-21)33-17-23-11-8-20(15-29)12-25(23)22-4-3-5-24(13-22)32-2/h3-13,16,18,27H,17H2,1-2H3/t27-/m0/s1. The molecule has 6 nitrogen and oxygen atoms in total. The summed E-state index contributed by atoms with van der Waals surface area (Å²) in [5.41, 5.74) is 5.80. The quantitative estimate of drug-likeness (QED) is 0.402. The van der Waals surface area contributed by atoms with Crippen LogP contribution in [-0.4, -0.2) is 16.7 Å². The van der Waals surface area contributed by atoms with Gasteiger partial charge in [-0.05, 0) is 58.7 Å². The summed E-state index contributed by atoms with van der Waals surface area (Å²) in [6, 6.07) is 25.1. The van der Waals surface area contributed by atoms with Crippen molar-refractivity contribution in [1.29, 1.82) is 10.5 Å². The third-order valence-electron chi connectivity index (χ3n) is 5.49. The molecule has 0 aliphatic heterocycles. The van der Waals surface area contributed by atoms with Crippen molar-refractivity contribution in [3.63, 3.8) is 0 Å². The fourth-order valence-electron chi connectivity index (χ4n) is 3.71. The molecule has 0 spiro atoms. The maximum absolute atomic E-state index is 9.43. The van der Waals surface area contributed by atoms with Crippen LogP contribution in [0.2, 0.25) is 0 Å². The Bertz CT molecular complexity index is 1340. The average Bonchev–Trinajstić information content (AvgIpc) is 3.30. The van der Waals surface area contributed by atoms with E-state index in [1.54, 1.807) is 37.8 Å². The Morgan fingerprint density at radius 1 is 0.970 bits per heavy atom. The van der Waals surface area contributed by atoms with Gasteiger partial charge in [0.2, 0.25) is 0 Å². The zero-order valence-corrected chi connectivity index (χ0v) is 18.4. The van der Waals surface area contributed by atoms with Gasteiger partial charge < -0.3 is 14.0 Å². The SMILES string of the molecule is COc1cccc(-c2cc(C#N)ccc2CO[C@@H](c2ccc(C#N)cc2)c2cncn2C)c1. The van der Waals surface area contributed by atoms with E-state index in [0.717, 1.165) is 33.7 Å². The highest BCUT2D eigenvalue weighted by atomic mass is 16.5. The van der Waals surface area contributed by atoms with Gasteiger partial charge in [0.1, 0.15) is 11.9 Å². The van der Waals surface area contributed by atoms with Gasteiger partial charge in [-0.2, -0.15) is 10.5 Å². The summed E-state index contributed by atoms with van der Waals surface area (Å²) in [4.78, 5) is 4.24. The Kier molecular flexibility index (Phi) is 6.50. The van der Waals surface area contributed by atoms with Gasteiger partial charge in [-0.25, -0.2) is 4.98 Å². The monoisotopic (exact) mass is 434 g/mol. The second kappa shape index (κ2) is 9.82. The minimum atomic E-state index is -0.376. The van der Waals surface area contributed by atoms with Crippen molar-refractivity contribution in [2.24, 2.45) is 7.05 Å². The predicted molar refractivity (Wildman–Crippen MR) is 124 cm³/mol. The van der Waals surface area contributed by atoms with Crippen LogP contribution in [-0.2, 0) is 18.4 Å². The molecule has 0 aliphatic carbocycles. The lowest BCUT2D eigenvalue weighted by molar-refractivity contribution is 0.0624. The van der Waals surface area contributed by atoms with Gasteiger partial charge in [0.05, 0.1) is 55.2 Å². The molecular weight excluding hydrogens is 412 g/mol. The maximum atomic E-state index is 9.43. The molecule has 0 saturated heterocycles. The van der Waals surface area contributed by atoms with Gasteiger partial charge in [0.25, 0.3) is 0 Å². The summed E-state index contributed by atoms with van der Waals surface area (Å²) in [5.74, 6) is 0.743. The first-order valence-corrected chi connectivity index (χ1v) is 10.4. The number of aromatic nitrogens is 2. The zero-order valence-electron chi connectivity index (χ0n) is 18.4. The lowest BCUT2D eigenvalue weighted by Gasteiger charge is -2.20. The molecule has 0 saturated carbocycles. The molecule has 0 amide bonds. The van der Waals surface area contributed by atoms with E-state index in [4.69, 9.17) is 14.7 Å². The molecule has 0 N–H and O–H groups in total. The number of hydrogen-bond acceptors (Lipinski definition) is 5. The Balaban J connectivity index is 1.70. The number of ether oxygens (including phenoxy) is 2. The van der Waals surface area contributed by atoms with Crippen molar-refractivity contribution >= 4 is 0 Å². The molecule has 33 heavy (non-hydrogen) atoms. The highest BCUT2D eigenvalue weighted by Gasteiger charge is 2.19. The maximum Gasteiger partial charge on any atom is 0.124 e. The first-order valence-electron chi connectivity index (χ1n) is 10.4. The Labute approximate surface area is 192 Å². The minimum absolute atomic E-state index is 0.314. The number of aryl methyl sites for hydroxylation is 1. The summed E-state index contributed by atoms with van der Waals surface area (Å²) in [6.07, 6.45) is 3.14. The molecule has 3 aromatic carbocycles. The van der Waals surface area contributed by atoms with Gasteiger partial charge in [0, 0.05) is 7.05 Å². The molecule has 0 bridgehead atoms. The smallest absolute Gasteiger partial charge is 0.124 e. The van der Waals surface area contributed by atoms with Crippen molar-refractivity contribution in [1.82, 2.24) is 9.55 Å². The van der Waals surface area contributed by atoms with Crippen LogP contribution in [0.25, 0.3) is 11.1 Å². The Hall–Kier alpha value is -4.39. The number of rotatable bonds is 7. The topological polar surface area (TPSA) is 83.9 Å². The highest BCUT2D eigenvalue weighted by Crippen LogP contribution is 2.32. The van der Waals surface area contributed by atoms with Crippen LogP contribution in [0, 0.1) is 22.7 Å². The van der Waals surface area contributed by atoms with E-state index in [1.165, 1.54) is 0 Å². The molecule has 6 heteroatoms. The van der Waals surface area contributed by atoms with Gasteiger partial charge in [-0.15, -0.1) is 0 Å². The summed E-state index contributed by atoms with van der Waals surface area (Å²) in [6.45, 7) is 0.314. The fourth-order valence-corrected chi connectivity index (χ4v) is 3.71. The molecule has 4 aromatic rings. The molecule has 1 atom stereocenters. The number of benzene rings is 3. The molecule has 4 rings (SSSR count). The molecule has 0 aliphatic rings. The zero-order chi connectivity index (χ0) is 23.2. The summed E-state index contributed by atoms with van der Waals surface area (Å²) < 4.78 is 13.7. The molecule has 162 valence electrons. The lowest BCUT2D eigenvalue weighted by Crippen LogP contribution is -2.11. The van der Waals surface area contributed by atoms with Gasteiger partial charge in [0.15, 0.2) is 0 Å². The number of imidazole rings is 1. The lowest BCUT2D eigenvalue weighted by atomic mass is 9.97. The van der Waals surface area contributed by atoms with Gasteiger partial charge in [-0.3, -0.25) is 0 Å². The summed E-state index contributed by atoms with van der Waals surface area (Å²) in [5, 5.41) is 18.6. The Morgan fingerprint density at radius 3 is 2.39 bits per heavy atom. The van der Waals surface area contributed by atoms with Crippen LogP contribution in [0.4, 0.5) is 0 Å². The van der Waals surface area contributed by atoms with E-state index >= 15 is 0 Å². The number of nitriles is 2. The van der Waals surface area contributed by atoms with Crippen LogP contribution in [0.1, 0.15) is 34.1 Å². The molecular formula is C27H22N4O2. The second-order valence-electron chi connectivity index (χ2n) is 7.57. The van der Waals surface area contributed by atoms with Crippen LogP contribution in [0.3, 0.4) is 0 Å². The van der Waals surface area contributed by atoms with Crippen LogP contribution in [0.5, 0.6) is 5.75 Å². The molecule has 1 aromatic heterocycles. The van der Waals surface area contributed by atoms with E-state index in [1.807, 2.05) is 60.1 Å².